The molecule has 0 aliphatic heterocycles. The van der Waals surface area contributed by atoms with Gasteiger partial charge in [0.05, 0.1) is 0 Å². The van der Waals surface area contributed by atoms with Crippen molar-refractivity contribution < 1.29 is 4.42 Å². The molecule has 1 aromatic rings. The van der Waals surface area contributed by atoms with Crippen LogP contribution in [0, 0.1) is 0 Å². The third-order valence-corrected chi connectivity index (χ3v) is 2.68. The highest BCUT2D eigenvalue weighted by atomic mass is 79.9. The second-order valence-electron chi connectivity index (χ2n) is 1.28. The molecule has 1 aromatic heterocycles. The molecule has 0 bridgehead atoms. The van der Waals surface area contributed by atoms with E-state index in [0.717, 1.165) is 0 Å². The highest BCUT2D eigenvalue weighted by Crippen LogP contribution is 2.38. The molecule has 0 saturated carbocycles. The first kappa shape index (κ1) is 7.73. The second kappa shape index (κ2) is 2.70. The van der Waals surface area contributed by atoms with E-state index in [9.17, 15) is 0 Å². The average molecular weight is 250 g/mol. The summed E-state index contributed by atoms with van der Waals surface area (Å²) in [6, 6.07) is 0. The molecule has 1 rings (SSSR count). The van der Waals surface area contributed by atoms with Gasteiger partial charge in [0.1, 0.15) is 10.0 Å². The van der Waals surface area contributed by atoms with E-state index in [2.05, 4.69) is 15.9 Å². The molecule has 9 heavy (non-hydrogen) atoms. The number of rotatable bonds is 0. The minimum absolute atomic E-state index is 0.105. The van der Waals surface area contributed by atoms with Crippen LogP contribution in [0.1, 0.15) is 0 Å². The molecule has 0 saturated heterocycles. The lowest BCUT2D eigenvalue weighted by Crippen LogP contribution is -1.53. The highest BCUT2D eigenvalue weighted by Gasteiger charge is 2.12. The monoisotopic (exact) mass is 248 g/mol. The maximum Gasteiger partial charge on any atom is 0.215 e. The highest BCUT2D eigenvalue weighted by molar-refractivity contribution is 9.10. The van der Waals surface area contributed by atoms with Crippen LogP contribution < -0.4 is 0 Å². The largest absolute Gasteiger partial charge is 0.435 e. The number of hydrogen-bond acceptors (Lipinski definition) is 1. The summed E-state index contributed by atoms with van der Waals surface area (Å²) < 4.78 is 5.12. The number of hydrogen-bond donors (Lipinski definition) is 0. The van der Waals surface area contributed by atoms with Crippen LogP contribution in [0.4, 0.5) is 0 Å². The van der Waals surface area contributed by atoms with Gasteiger partial charge >= 0.3 is 0 Å². The molecule has 0 fully saturated rings. The van der Waals surface area contributed by atoms with Gasteiger partial charge in [-0.1, -0.05) is 23.2 Å². The molecule has 5 heteroatoms. The quantitative estimate of drug-likeness (QED) is 0.678. The summed E-state index contributed by atoms with van der Waals surface area (Å²) in [5.74, 6) is 0. The summed E-state index contributed by atoms with van der Waals surface area (Å²) >= 11 is 19.5. The smallest absolute Gasteiger partial charge is 0.215 e. The Kier molecular flexibility index (Phi) is 2.32. The Balaban J connectivity index is 3.29. The van der Waals surface area contributed by atoms with Gasteiger partial charge in [0.25, 0.3) is 0 Å². The fourth-order valence-corrected chi connectivity index (χ4v) is 1.38. The molecule has 0 amide bonds. The zero-order valence-electron chi connectivity index (χ0n) is 3.92. The first-order valence-corrected chi connectivity index (χ1v) is 3.84. The van der Waals surface area contributed by atoms with Crippen molar-refractivity contribution in [3.05, 3.63) is 19.9 Å². The van der Waals surface area contributed by atoms with Crippen LogP contribution in [0.15, 0.2) is 9.09 Å². The minimum Gasteiger partial charge on any atom is -0.435 e. The van der Waals surface area contributed by atoms with Crippen LogP contribution in [0.25, 0.3) is 0 Å². The maximum atomic E-state index is 5.54. The van der Waals surface area contributed by atoms with Gasteiger partial charge in [0.2, 0.25) is 5.22 Å². The molecule has 0 atom stereocenters. The Bertz CT molecular complexity index is 209. The molecular formula is C4BrCl3O. The predicted molar refractivity (Wildman–Crippen MR) is 41.4 cm³/mol. The molecule has 1 nitrogen and oxygen atoms in total. The molecule has 0 radical (unpaired) electrons. The summed E-state index contributed by atoms with van der Waals surface area (Å²) in [4.78, 5) is 0. The van der Waals surface area contributed by atoms with Gasteiger partial charge in [0, 0.05) is 0 Å². The summed E-state index contributed by atoms with van der Waals surface area (Å²) in [7, 11) is 0. The van der Waals surface area contributed by atoms with Gasteiger partial charge < -0.3 is 4.42 Å². The van der Waals surface area contributed by atoms with Crippen LogP contribution in [0.5, 0.6) is 0 Å². The van der Waals surface area contributed by atoms with E-state index in [1.807, 2.05) is 0 Å². The second-order valence-corrected chi connectivity index (χ2v) is 3.10. The van der Waals surface area contributed by atoms with Crippen LogP contribution in [-0.2, 0) is 0 Å². The maximum absolute atomic E-state index is 5.54. The Morgan fingerprint density at radius 2 is 1.67 bits per heavy atom. The Labute approximate surface area is 75.0 Å². The third kappa shape index (κ3) is 1.37. The van der Waals surface area contributed by atoms with Crippen molar-refractivity contribution in [1.29, 1.82) is 0 Å². The zero-order valence-corrected chi connectivity index (χ0v) is 7.77. The van der Waals surface area contributed by atoms with E-state index >= 15 is 0 Å². The summed E-state index contributed by atoms with van der Waals surface area (Å²) in [6.45, 7) is 0. The van der Waals surface area contributed by atoms with Gasteiger partial charge in [-0.2, -0.15) is 0 Å². The van der Waals surface area contributed by atoms with E-state index in [0.29, 0.717) is 9.69 Å². The van der Waals surface area contributed by atoms with Crippen LogP contribution in [-0.4, -0.2) is 0 Å². The lowest BCUT2D eigenvalue weighted by molar-refractivity contribution is 0.543. The standard InChI is InChI=1S/C4BrCl3O/c5-3-1(6)2(7)4(8)9-3. The van der Waals surface area contributed by atoms with Crippen molar-refractivity contribution in [2.75, 3.05) is 0 Å². The van der Waals surface area contributed by atoms with E-state index in [1.165, 1.54) is 0 Å². The van der Waals surface area contributed by atoms with Crippen molar-refractivity contribution in [3.63, 3.8) is 0 Å². The van der Waals surface area contributed by atoms with Gasteiger partial charge in [-0.3, -0.25) is 0 Å². The Morgan fingerprint density at radius 1 is 1.11 bits per heavy atom. The zero-order chi connectivity index (χ0) is 7.02. The molecule has 1 heterocycles. The molecule has 0 N–H and O–H groups in total. The fourth-order valence-electron chi connectivity index (χ4n) is 0.341. The van der Waals surface area contributed by atoms with E-state index in [-0.39, 0.29) is 10.2 Å². The average Bonchev–Trinajstić information content (AvgIpc) is 1.98. The van der Waals surface area contributed by atoms with Crippen molar-refractivity contribution in [3.8, 4) is 0 Å². The first-order valence-electron chi connectivity index (χ1n) is 1.91. The van der Waals surface area contributed by atoms with Crippen LogP contribution in [0.2, 0.25) is 15.3 Å². The molecule has 0 aromatic carbocycles. The van der Waals surface area contributed by atoms with E-state index < -0.39 is 0 Å². The van der Waals surface area contributed by atoms with Gasteiger partial charge in [-0.05, 0) is 27.5 Å². The predicted octanol–water partition coefficient (Wildman–Crippen LogP) is 4.00. The number of furan rings is 1. The molecule has 50 valence electrons. The van der Waals surface area contributed by atoms with E-state index in [4.69, 9.17) is 39.2 Å². The van der Waals surface area contributed by atoms with Crippen molar-refractivity contribution in [2.24, 2.45) is 0 Å². The molecule has 0 unspecified atom stereocenters. The molecule has 0 aliphatic rings. The Hall–Kier alpha value is 0.630. The SMILES string of the molecule is Clc1oc(Br)c(Cl)c1Cl. The first-order chi connectivity index (χ1) is 4.13. The lowest BCUT2D eigenvalue weighted by Gasteiger charge is -1.77. The van der Waals surface area contributed by atoms with Gasteiger partial charge in [-0.15, -0.1) is 0 Å². The molecule has 0 spiro atoms. The number of halogens is 4. The lowest BCUT2D eigenvalue weighted by atomic mass is 10.7. The van der Waals surface area contributed by atoms with Gasteiger partial charge in [0.15, 0.2) is 4.67 Å². The van der Waals surface area contributed by atoms with Crippen molar-refractivity contribution in [2.45, 2.75) is 0 Å². The van der Waals surface area contributed by atoms with E-state index in [1.54, 1.807) is 0 Å². The molecule has 0 aliphatic carbocycles. The summed E-state index contributed by atoms with van der Waals surface area (Å²) in [6.07, 6.45) is 0. The van der Waals surface area contributed by atoms with Gasteiger partial charge in [-0.25, -0.2) is 0 Å². The third-order valence-electron chi connectivity index (χ3n) is 0.717. The molecular weight excluding hydrogens is 250 g/mol. The fraction of sp³-hybridized carbons (Fsp3) is 0. The van der Waals surface area contributed by atoms with Crippen LogP contribution >= 0.6 is 50.7 Å². The van der Waals surface area contributed by atoms with Crippen LogP contribution in [0.3, 0.4) is 0 Å². The topological polar surface area (TPSA) is 13.1 Å². The Morgan fingerprint density at radius 3 is 1.78 bits per heavy atom. The summed E-state index contributed by atoms with van der Waals surface area (Å²) in [5, 5.41) is 0.653. The minimum atomic E-state index is 0.105. The normalized spacial score (nSPS) is 10.2. The van der Waals surface area contributed by atoms with Crippen molar-refractivity contribution in [1.82, 2.24) is 0 Å². The van der Waals surface area contributed by atoms with Crippen molar-refractivity contribution >= 4 is 50.7 Å². The summed E-state index contributed by atoms with van der Waals surface area (Å²) in [5.41, 5.74) is 0.